The minimum Gasteiger partial charge on any atom is -0.0911 e. The molecule has 0 unspecified atom stereocenters. The van der Waals surface area contributed by atoms with E-state index in [4.69, 9.17) is 0 Å². The summed E-state index contributed by atoms with van der Waals surface area (Å²) in [5.41, 5.74) is 12.0. The van der Waals surface area contributed by atoms with E-state index < -0.39 is 0 Å². The van der Waals surface area contributed by atoms with Gasteiger partial charge >= 0.3 is 0 Å². The highest BCUT2D eigenvalue weighted by Gasteiger charge is 2.38. The zero-order valence-electron chi connectivity index (χ0n) is 27.6. The molecular formula is C48H29BS2. The van der Waals surface area contributed by atoms with Gasteiger partial charge in [-0.15, -0.1) is 0 Å². The Bertz CT molecular complexity index is 2750. The Balaban J connectivity index is 1.19. The zero-order chi connectivity index (χ0) is 33.5. The van der Waals surface area contributed by atoms with Crippen LogP contribution in [0.5, 0.6) is 0 Å². The van der Waals surface area contributed by atoms with E-state index in [2.05, 4.69) is 176 Å². The second-order valence-electron chi connectivity index (χ2n) is 13.5. The van der Waals surface area contributed by atoms with Crippen molar-refractivity contribution in [2.45, 2.75) is 19.6 Å². The number of hydrogen-bond acceptors (Lipinski definition) is 2. The molecule has 0 aromatic heterocycles. The maximum atomic E-state index is 2.48. The van der Waals surface area contributed by atoms with Crippen LogP contribution in [0.3, 0.4) is 0 Å². The van der Waals surface area contributed by atoms with E-state index in [0.29, 0.717) is 0 Å². The lowest BCUT2D eigenvalue weighted by molar-refractivity contribution is 1.33. The predicted molar refractivity (Wildman–Crippen MR) is 221 cm³/mol. The fourth-order valence-corrected chi connectivity index (χ4v) is 11.1. The molecule has 0 nitrogen and oxygen atoms in total. The maximum Gasteiger partial charge on any atom is 0.247 e. The van der Waals surface area contributed by atoms with Crippen LogP contribution in [0.25, 0.3) is 65.7 Å². The first-order chi connectivity index (χ1) is 25.3. The van der Waals surface area contributed by atoms with Gasteiger partial charge in [0.25, 0.3) is 0 Å². The zero-order valence-corrected chi connectivity index (χ0v) is 29.3. The van der Waals surface area contributed by atoms with Crippen molar-refractivity contribution in [3.05, 3.63) is 176 Å². The molecule has 0 amide bonds. The molecule has 2 aliphatic heterocycles. The van der Waals surface area contributed by atoms with Gasteiger partial charge in [0.15, 0.2) is 0 Å². The minimum absolute atomic E-state index is 0.252. The summed E-state index contributed by atoms with van der Waals surface area (Å²) in [6.45, 7) is 0.252. The standard InChI is InChI=1S/C48H29BS2/c1-2-14-30(15-3-1)32-26-27-39(34-17-5-4-16-33(32)34)47-37-20-8-6-18-35(37)46(36-19-7-9-21-38(36)47)31-28-44-48-45(29-31)51-43-25-13-11-23-41(43)49(48)40-22-10-12-24-42(40)50-44/h1-29H. The van der Waals surface area contributed by atoms with Crippen LogP contribution in [0, 0.1) is 0 Å². The molecule has 0 saturated carbocycles. The Hall–Kier alpha value is -5.48. The van der Waals surface area contributed by atoms with Crippen LogP contribution < -0.4 is 16.4 Å². The van der Waals surface area contributed by atoms with Crippen LogP contribution in [-0.4, -0.2) is 6.71 Å². The quantitative estimate of drug-likeness (QED) is 0.135. The largest absolute Gasteiger partial charge is 0.247 e. The number of hydrogen-bond donors (Lipinski definition) is 0. The van der Waals surface area contributed by atoms with Crippen molar-refractivity contribution in [3.8, 4) is 33.4 Å². The summed E-state index contributed by atoms with van der Waals surface area (Å²) in [7, 11) is 0. The van der Waals surface area contributed by atoms with Crippen LogP contribution in [0.1, 0.15) is 0 Å². The molecule has 0 radical (unpaired) electrons. The molecule has 11 rings (SSSR count). The molecule has 236 valence electrons. The molecule has 9 aromatic rings. The third-order valence-corrected chi connectivity index (χ3v) is 13.1. The van der Waals surface area contributed by atoms with Crippen molar-refractivity contribution in [3.63, 3.8) is 0 Å². The van der Waals surface area contributed by atoms with Gasteiger partial charge in [-0.25, -0.2) is 0 Å². The van der Waals surface area contributed by atoms with Gasteiger partial charge in [0, 0.05) is 19.6 Å². The summed E-state index contributed by atoms with van der Waals surface area (Å²) in [5.74, 6) is 0. The molecule has 0 bridgehead atoms. The first-order valence-corrected chi connectivity index (χ1v) is 19.2. The maximum absolute atomic E-state index is 2.48. The molecule has 0 fully saturated rings. The Labute approximate surface area is 306 Å². The van der Waals surface area contributed by atoms with Gasteiger partial charge in [0.2, 0.25) is 6.71 Å². The van der Waals surface area contributed by atoms with Crippen LogP contribution in [0.4, 0.5) is 0 Å². The van der Waals surface area contributed by atoms with E-state index in [1.165, 1.54) is 102 Å². The van der Waals surface area contributed by atoms with Crippen LogP contribution >= 0.6 is 23.5 Å². The highest BCUT2D eigenvalue weighted by molar-refractivity contribution is 8.01. The summed E-state index contributed by atoms with van der Waals surface area (Å²) in [4.78, 5) is 5.45. The molecule has 2 heterocycles. The fourth-order valence-electron chi connectivity index (χ4n) is 8.65. The van der Waals surface area contributed by atoms with Gasteiger partial charge in [-0.3, -0.25) is 0 Å². The second-order valence-corrected chi connectivity index (χ2v) is 15.7. The molecular weight excluding hydrogens is 651 g/mol. The third kappa shape index (κ3) is 4.45. The van der Waals surface area contributed by atoms with Crippen LogP contribution in [-0.2, 0) is 0 Å². The molecule has 0 atom stereocenters. The third-order valence-electron chi connectivity index (χ3n) is 10.8. The average Bonchev–Trinajstić information content (AvgIpc) is 3.19. The molecule has 3 heteroatoms. The van der Waals surface area contributed by atoms with Crippen molar-refractivity contribution >= 4 is 78.9 Å². The lowest BCUT2D eigenvalue weighted by Crippen LogP contribution is -2.57. The number of fused-ring (bicyclic) bond motifs is 7. The van der Waals surface area contributed by atoms with Crippen LogP contribution in [0.15, 0.2) is 196 Å². The van der Waals surface area contributed by atoms with E-state index in [1.807, 2.05) is 23.5 Å². The minimum atomic E-state index is 0.252. The summed E-state index contributed by atoms with van der Waals surface area (Å²) in [6, 6.07) is 65.5. The summed E-state index contributed by atoms with van der Waals surface area (Å²) >= 11 is 3.86. The molecule has 0 saturated heterocycles. The molecule has 0 aliphatic carbocycles. The van der Waals surface area contributed by atoms with Crippen molar-refractivity contribution in [1.82, 2.24) is 0 Å². The van der Waals surface area contributed by atoms with E-state index in [0.717, 1.165) is 0 Å². The molecule has 51 heavy (non-hydrogen) atoms. The van der Waals surface area contributed by atoms with E-state index in [-0.39, 0.29) is 6.71 Å². The second kappa shape index (κ2) is 11.5. The Kier molecular flexibility index (Phi) is 6.62. The van der Waals surface area contributed by atoms with Crippen molar-refractivity contribution in [1.29, 1.82) is 0 Å². The first kappa shape index (κ1) is 29.3. The Morgan fingerprint density at radius 2 is 0.745 bits per heavy atom. The normalized spacial score (nSPS) is 12.9. The number of rotatable bonds is 3. The molecule has 0 N–H and O–H groups in total. The predicted octanol–water partition coefficient (Wildman–Crippen LogP) is 11.6. The summed E-state index contributed by atoms with van der Waals surface area (Å²) < 4.78 is 0. The molecule has 0 spiro atoms. The SMILES string of the molecule is c1ccc(-c2ccc(-c3c4ccccc4c(-c4cc5c6c(c4)Sc4ccccc4B6c4ccccc4S5)c4ccccc34)c3ccccc23)cc1. The summed E-state index contributed by atoms with van der Waals surface area (Å²) in [6.07, 6.45) is 0. The van der Waals surface area contributed by atoms with Gasteiger partial charge in [-0.05, 0) is 95.4 Å². The van der Waals surface area contributed by atoms with E-state index in [9.17, 15) is 0 Å². The summed E-state index contributed by atoms with van der Waals surface area (Å²) in [5, 5.41) is 7.68. The van der Waals surface area contributed by atoms with Gasteiger partial charge in [0.05, 0.1) is 0 Å². The van der Waals surface area contributed by atoms with Gasteiger partial charge in [-0.1, -0.05) is 186 Å². The lowest BCUT2D eigenvalue weighted by atomic mass is 9.36. The first-order valence-electron chi connectivity index (χ1n) is 17.5. The topological polar surface area (TPSA) is 0 Å². The Morgan fingerprint density at radius 3 is 1.31 bits per heavy atom. The highest BCUT2D eigenvalue weighted by atomic mass is 32.2. The van der Waals surface area contributed by atoms with Gasteiger partial charge in [-0.2, -0.15) is 0 Å². The van der Waals surface area contributed by atoms with Gasteiger partial charge in [0.1, 0.15) is 0 Å². The molecule has 9 aromatic carbocycles. The van der Waals surface area contributed by atoms with Crippen molar-refractivity contribution in [2.24, 2.45) is 0 Å². The van der Waals surface area contributed by atoms with Crippen molar-refractivity contribution in [2.75, 3.05) is 0 Å². The highest BCUT2D eigenvalue weighted by Crippen LogP contribution is 2.48. The smallest absolute Gasteiger partial charge is 0.0911 e. The van der Waals surface area contributed by atoms with Crippen LogP contribution in [0.2, 0.25) is 0 Å². The lowest BCUT2D eigenvalue weighted by Gasteiger charge is -2.33. The fraction of sp³-hybridized carbons (Fsp3) is 0. The van der Waals surface area contributed by atoms with E-state index in [1.54, 1.807) is 0 Å². The number of benzene rings is 9. The molecule has 2 aliphatic rings. The van der Waals surface area contributed by atoms with Crippen molar-refractivity contribution < 1.29 is 0 Å². The average molecular weight is 681 g/mol. The Morgan fingerprint density at radius 1 is 0.314 bits per heavy atom. The van der Waals surface area contributed by atoms with E-state index >= 15 is 0 Å². The monoisotopic (exact) mass is 680 g/mol. The van der Waals surface area contributed by atoms with Gasteiger partial charge < -0.3 is 0 Å².